The van der Waals surface area contributed by atoms with Crippen molar-refractivity contribution in [3.05, 3.63) is 83.1 Å². The highest BCUT2D eigenvalue weighted by molar-refractivity contribution is 7.15. The first-order valence-corrected chi connectivity index (χ1v) is 11.0. The quantitative estimate of drug-likeness (QED) is 0.371. The maximum atomic E-state index is 12.1. The van der Waals surface area contributed by atoms with Crippen molar-refractivity contribution in [2.45, 2.75) is 26.3 Å². The van der Waals surface area contributed by atoms with Crippen LogP contribution in [-0.4, -0.2) is 26.0 Å². The molecule has 32 heavy (non-hydrogen) atoms. The number of nitrogens with one attached hydrogen (secondary N) is 2. The second-order valence-electron chi connectivity index (χ2n) is 7.26. The van der Waals surface area contributed by atoms with Crippen LogP contribution in [0.4, 0.5) is 11.6 Å². The first-order valence-electron chi connectivity index (χ1n) is 10.2. The fourth-order valence-electron chi connectivity index (χ4n) is 3.13. The van der Waals surface area contributed by atoms with Crippen LogP contribution in [-0.2, 0) is 4.79 Å². The highest BCUT2D eigenvalue weighted by Gasteiger charge is 2.20. The molecule has 4 aromatic rings. The molecule has 0 saturated carbocycles. The molecule has 4 rings (SSSR count). The molecule has 0 aliphatic heterocycles. The average Bonchev–Trinajstić information content (AvgIpc) is 3.28. The van der Waals surface area contributed by atoms with Crippen molar-refractivity contribution in [2.75, 3.05) is 5.32 Å². The van der Waals surface area contributed by atoms with E-state index < -0.39 is 6.04 Å². The Bertz CT molecular complexity index is 1220. The minimum atomic E-state index is -0.403. The zero-order valence-corrected chi connectivity index (χ0v) is 18.6. The van der Waals surface area contributed by atoms with Crippen molar-refractivity contribution in [1.82, 2.24) is 20.3 Å². The molecule has 0 saturated heterocycles. The van der Waals surface area contributed by atoms with Crippen molar-refractivity contribution in [3.63, 3.8) is 0 Å². The lowest BCUT2D eigenvalue weighted by Gasteiger charge is -2.16. The predicted molar refractivity (Wildman–Crippen MR) is 126 cm³/mol. The lowest BCUT2D eigenvalue weighted by molar-refractivity contribution is -0.121. The summed E-state index contributed by atoms with van der Waals surface area (Å²) in [5.74, 6) is 1.51. The van der Waals surface area contributed by atoms with Crippen LogP contribution in [0, 0.1) is 6.92 Å². The number of phenolic OH excluding ortho intramolecular Hbond substituents is 1. The molecule has 1 atom stereocenters. The Balaban J connectivity index is 1.61. The highest BCUT2D eigenvalue weighted by atomic mass is 32.1. The number of hydrogen-bond acceptors (Lipinski definition) is 7. The van der Waals surface area contributed by atoms with Gasteiger partial charge in [-0.3, -0.25) is 4.79 Å². The second-order valence-corrected chi connectivity index (χ2v) is 8.32. The van der Waals surface area contributed by atoms with Gasteiger partial charge in [0.1, 0.15) is 28.4 Å². The number of aromatic nitrogens is 3. The lowest BCUT2D eigenvalue weighted by Crippen LogP contribution is -2.28. The van der Waals surface area contributed by atoms with Crippen molar-refractivity contribution in [2.24, 2.45) is 0 Å². The van der Waals surface area contributed by atoms with E-state index in [0.29, 0.717) is 12.2 Å². The zero-order chi connectivity index (χ0) is 22.5. The lowest BCUT2D eigenvalue weighted by atomic mass is 10.1. The number of phenols is 1. The average molecular weight is 446 g/mol. The summed E-state index contributed by atoms with van der Waals surface area (Å²) in [5, 5.41) is 16.6. The number of nitrogens with zero attached hydrogens (tertiary/aromatic N) is 3. The van der Waals surface area contributed by atoms with E-state index in [1.165, 1.54) is 11.3 Å². The first kappa shape index (κ1) is 21.5. The number of aromatic hydroxyl groups is 1. The summed E-state index contributed by atoms with van der Waals surface area (Å²) in [6, 6.07) is 16.0. The van der Waals surface area contributed by atoms with Crippen LogP contribution in [0.3, 0.4) is 0 Å². The van der Waals surface area contributed by atoms with E-state index in [1.54, 1.807) is 36.7 Å². The number of rotatable bonds is 7. The topological polar surface area (TPSA) is 100 Å². The van der Waals surface area contributed by atoms with Crippen LogP contribution >= 0.6 is 11.3 Å². The fourth-order valence-corrected chi connectivity index (χ4v) is 4.10. The van der Waals surface area contributed by atoms with Gasteiger partial charge >= 0.3 is 0 Å². The molecule has 3 aromatic heterocycles. The van der Waals surface area contributed by atoms with Crippen LogP contribution in [0.2, 0.25) is 0 Å². The molecule has 162 valence electrons. The summed E-state index contributed by atoms with van der Waals surface area (Å²) in [6.45, 7) is 3.82. The zero-order valence-electron chi connectivity index (χ0n) is 17.7. The predicted octanol–water partition coefficient (Wildman–Crippen LogP) is 4.97. The van der Waals surface area contributed by atoms with Gasteiger partial charge in [0.15, 0.2) is 0 Å². The smallest absolute Gasteiger partial charge is 0.220 e. The summed E-state index contributed by atoms with van der Waals surface area (Å²) < 4.78 is 0. The Hall–Kier alpha value is -3.78. The van der Waals surface area contributed by atoms with Crippen LogP contribution in [0.25, 0.3) is 10.6 Å². The van der Waals surface area contributed by atoms with Gasteiger partial charge in [0.25, 0.3) is 0 Å². The second kappa shape index (κ2) is 9.57. The number of pyridine rings is 2. The van der Waals surface area contributed by atoms with Gasteiger partial charge in [0.05, 0.1) is 10.6 Å². The molecule has 0 fully saturated rings. The molecule has 0 aliphatic rings. The van der Waals surface area contributed by atoms with Gasteiger partial charge in [-0.2, -0.15) is 0 Å². The summed E-state index contributed by atoms with van der Waals surface area (Å²) in [6.07, 6.45) is 3.89. The molecule has 0 bridgehead atoms. The Morgan fingerprint density at radius 3 is 2.66 bits per heavy atom. The molecule has 8 heteroatoms. The molecule has 7 nitrogen and oxygen atoms in total. The van der Waals surface area contributed by atoms with E-state index in [9.17, 15) is 9.90 Å². The Labute approximate surface area is 190 Å². The molecule has 0 radical (unpaired) electrons. The van der Waals surface area contributed by atoms with Crippen molar-refractivity contribution in [1.29, 1.82) is 0 Å². The van der Waals surface area contributed by atoms with E-state index >= 15 is 0 Å². The van der Waals surface area contributed by atoms with Gasteiger partial charge in [-0.1, -0.05) is 25.1 Å². The number of amides is 1. The largest absolute Gasteiger partial charge is 0.508 e. The molecule has 0 spiro atoms. The number of carbonyl (C=O) groups excluding carboxylic acids is 1. The van der Waals surface area contributed by atoms with Crippen LogP contribution < -0.4 is 10.6 Å². The minimum Gasteiger partial charge on any atom is -0.508 e. The maximum Gasteiger partial charge on any atom is 0.220 e. The number of thiazole rings is 1. The number of aryl methyl sites for hydroxylation is 1. The third-order valence-electron chi connectivity index (χ3n) is 4.80. The normalized spacial score (nSPS) is 11.7. The van der Waals surface area contributed by atoms with Crippen molar-refractivity contribution >= 4 is 28.9 Å². The number of carbonyl (C=O) groups is 1. The molecule has 3 N–H and O–H groups in total. The van der Waals surface area contributed by atoms with Gasteiger partial charge in [0.2, 0.25) is 5.91 Å². The third-order valence-corrected chi connectivity index (χ3v) is 5.88. The minimum absolute atomic E-state index is 0.0743. The Morgan fingerprint density at radius 2 is 1.91 bits per heavy atom. The first-order chi connectivity index (χ1) is 15.5. The van der Waals surface area contributed by atoms with E-state index in [2.05, 4.69) is 20.6 Å². The van der Waals surface area contributed by atoms with Gasteiger partial charge in [-0.05, 0) is 54.4 Å². The van der Waals surface area contributed by atoms with Gasteiger partial charge < -0.3 is 15.7 Å². The molecule has 1 aromatic carbocycles. The summed E-state index contributed by atoms with van der Waals surface area (Å²) >= 11 is 1.47. The Kier molecular flexibility index (Phi) is 6.42. The molecule has 1 amide bonds. The summed E-state index contributed by atoms with van der Waals surface area (Å²) in [7, 11) is 0. The van der Waals surface area contributed by atoms with E-state index in [-0.39, 0.29) is 11.7 Å². The fraction of sp³-hybridized carbons (Fsp3) is 0.167. The van der Waals surface area contributed by atoms with E-state index in [0.717, 1.165) is 32.5 Å². The SMILES string of the molecule is CCC(=O)NC(c1ccc(O)cc1)c1ncc(-c2cccc(Nc3cc(C)ccn3)n2)s1. The monoisotopic (exact) mass is 445 g/mol. The number of hydrogen-bond donors (Lipinski definition) is 3. The Morgan fingerprint density at radius 1 is 1.09 bits per heavy atom. The van der Waals surface area contributed by atoms with Crippen LogP contribution in [0.1, 0.15) is 35.5 Å². The van der Waals surface area contributed by atoms with Crippen LogP contribution in [0.15, 0.2) is 67.0 Å². The molecular formula is C24H23N5O2S. The summed E-state index contributed by atoms with van der Waals surface area (Å²) in [5.41, 5.74) is 2.73. The maximum absolute atomic E-state index is 12.1. The van der Waals surface area contributed by atoms with Gasteiger partial charge in [-0.25, -0.2) is 15.0 Å². The van der Waals surface area contributed by atoms with Gasteiger partial charge in [0, 0.05) is 18.8 Å². The highest BCUT2D eigenvalue weighted by Crippen LogP contribution is 2.32. The van der Waals surface area contributed by atoms with Gasteiger partial charge in [-0.15, -0.1) is 11.3 Å². The standard InChI is InChI=1S/C24H23N5O2S/c1-3-22(31)29-23(16-7-9-17(30)10-8-16)24-26-14-19(32-24)18-5-4-6-20(27-18)28-21-13-15(2)11-12-25-21/h4-14,23,30H,3H2,1-2H3,(H,29,31)(H,25,27,28). The molecular weight excluding hydrogens is 422 g/mol. The summed E-state index contributed by atoms with van der Waals surface area (Å²) in [4.78, 5) is 26.6. The molecule has 3 heterocycles. The van der Waals surface area contributed by atoms with E-state index in [1.807, 2.05) is 44.2 Å². The number of benzene rings is 1. The molecule has 1 unspecified atom stereocenters. The molecule has 0 aliphatic carbocycles. The van der Waals surface area contributed by atoms with E-state index in [4.69, 9.17) is 4.98 Å². The number of anilines is 2. The van der Waals surface area contributed by atoms with Crippen molar-refractivity contribution < 1.29 is 9.90 Å². The van der Waals surface area contributed by atoms with Crippen LogP contribution in [0.5, 0.6) is 5.75 Å². The van der Waals surface area contributed by atoms with Crippen molar-refractivity contribution in [3.8, 4) is 16.3 Å². The third kappa shape index (κ3) is 5.09.